The topological polar surface area (TPSA) is 17.1 Å². The van der Waals surface area contributed by atoms with Crippen LogP contribution in [0.3, 0.4) is 0 Å². The van der Waals surface area contributed by atoms with E-state index in [1.165, 1.54) is 30.4 Å². The fraction of sp³-hybridized carbons (Fsp3) is 0.471. The number of rotatable bonds is 5. The summed E-state index contributed by atoms with van der Waals surface area (Å²) < 4.78 is 0. The molecule has 1 heteroatoms. The lowest BCUT2D eigenvalue weighted by atomic mass is 9.81. The molecule has 1 unspecified atom stereocenters. The van der Waals surface area contributed by atoms with Gasteiger partial charge in [0.15, 0.2) is 5.78 Å². The summed E-state index contributed by atoms with van der Waals surface area (Å²) in [5, 5.41) is 0. The first-order valence-corrected chi connectivity index (χ1v) is 7.09. The Balaban J connectivity index is 2.22. The summed E-state index contributed by atoms with van der Waals surface area (Å²) in [7, 11) is 0. The summed E-state index contributed by atoms with van der Waals surface area (Å²) in [6.45, 7) is 2.22. The fourth-order valence-electron chi connectivity index (χ4n) is 2.75. The molecule has 1 aromatic carbocycles. The van der Waals surface area contributed by atoms with Crippen LogP contribution in [-0.2, 0) is 4.79 Å². The largest absolute Gasteiger partial charge is 0.295 e. The monoisotopic (exact) mass is 242 g/mol. The molecule has 2 rings (SSSR count). The van der Waals surface area contributed by atoms with Gasteiger partial charge in [0, 0.05) is 12.3 Å². The van der Waals surface area contributed by atoms with Gasteiger partial charge in [0.1, 0.15) is 0 Å². The van der Waals surface area contributed by atoms with Gasteiger partial charge in [-0.2, -0.15) is 0 Å². The van der Waals surface area contributed by atoms with Crippen LogP contribution in [0.4, 0.5) is 0 Å². The van der Waals surface area contributed by atoms with E-state index in [9.17, 15) is 4.79 Å². The molecule has 0 radical (unpaired) electrons. The van der Waals surface area contributed by atoms with Crippen LogP contribution in [0.2, 0.25) is 0 Å². The maximum Gasteiger partial charge on any atom is 0.155 e. The van der Waals surface area contributed by atoms with Gasteiger partial charge in [-0.15, -0.1) is 0 Å². The van der Waals surface area contributed by atoms with E-state index in [0.717, 1.165) is 19.3 Å². The first kappa shape index (κ1) is 13.1. The maximum atomic E-state index is 11.6. The van der Waals surface area contributed by atoms with Crippen LogP contribution in [0.5, 0.6) is 0 Å². The molecule has 1 aliphatic rings. The third-order valence-electron chi connectivity index (χ3n) is 3.73. The molecule has 96 valence electrons. The molecule has 0 heterocycles. The van der Waals surface area contributed by atoms with Gasteiger partial charge < -0.3 is 0 Å². The van der Waals surface area contributed by atoms with E-state index >= 15 is 0 Å². The molecule has 0 bridgehead atoms. The van der Waals surface area contributed by atoms with Crippen molar-refractivity contribution in [1.29, 1.82) is 0 Å². The van der Waals surface area contributed by atoms with E-state index in [1.807, 2.05) is 6.08 Å². The Labute approximate surface area is 110 Å². The summed E-state index contributed by atoms with van der Waals surface area (Å²) >= 11 is 0. The Bertz CT molecular complexity index is 416. The van der Waals surface area contributed by atoms with Crippen molar-refractivity contribution in [2.75, 3.05) is 0 Å². The first-order chi connectivity index (χ1) is 8.81. The second-order valence-electron chi connectivity index (χ2n) is 5.14. The van der Waals surface area contributed by atoms with Crippen molar-refractivity contribution in [1.82, 2.24) is 0 Å². The Morgan fingerprint density at radius 1 is 1.17 bits per heavy atom. The van der Waals surface area contributed by atoms with Gasteiger partial charge in [-0.3, -0.25) is 4.79 Å². The van der Waals surface area contributed by atoms with Crippen molar-refractivity contribution in [2.45, 2.75) is 51.4 Å². The van der Waals surface area contributed by atoms with Gasteiger partial charge in [0.05, 0.1) is 0 Å². The summed E-state index contributed by atoms with van der Waals surface area (Å²) in [4.78, 5) is 11.6. The van der Waals surface area contributed by atoms with Crippen molar-refractivity contribution in [3.05, 3.63) is 47.5 Å². The van der Waals surface area contributed by atoms with Gasteiger partial charge in [0.25, 0.3) is 0 Å². The number of carbonyl (C=O) groups is 1. The van der Waals surface area contributed by atoms with Crippen LogP contribution >= 0.6 is 0 Å². The molecule has 0 fully saturated rings. The van der Waals surface area contributed by atoms with Crippen LogP contribution in [0.25, 0.3) is 0 Å². The normalized spacial score (nSPS) is 17.4. The quantitative estimate of drug-likeness (QED) is 0.735. The lowest BCUT2D eigenvalue weighted by molar-refractivity contribution is -0.115. The molecular weight excluding hydrogens is 220 g/mol. The molecule has 1 aliphatic carbocycles. The summed E-state index contributed by atoms with van der Waals surface area (Å²) in [5.41, 5.74) is 2.72. The highest BCUT2D eigenvalue weighted by Crippen LogP contribution is 2.34. The third-order valence-corrected chi connectivity index (χ3v) is 3.73. The molecule has 1 aromatic rings. The number of hydrogen-bond acceptors (Lipinski definition) is 1. The molecule has 0 amide bonds. The van der Waals surface area contributed by atoms with Crippen LogP contribution in [0.1, 0.15) is 56.9 Å². The highest BCUT2D eigenvalue weighted by Gasteiger charge is 2.20. The maximum absolute atomic E-state index is 11.6. The highest BCUT2D eigenvalue weighted by atomic mass is 16.1. The van der Waals surface area contributed by atoms with Crippen LogP contribution in [-0.4, -0.2) is 5.78 Å². The molecule has 0 saturated heterocycles. The average molecular weight is 242 g/mol. The van der Waals surface area contributed by atoms with Crippen molar-refractivity contribution >= 4 is 5.78 Å². The number of allylic oxidation sites excluding steroid dienone is 2. The van der Waals surface area contributed by atoms with E-state index in [4.69, 9.17) is 0 Å². The van der Waals surface area contributed by atoms with Crippen molar-refractivity contribution in [3.8, 4) is 0 Å². The predicted octanol–water partition coefficient (Wildman–Crippen LogP) is 4.64. The van der Waals surface area contributed by atoms with Gasteiger partial charge in [-0.1, -0.05) is 55.7 Å². The van der Waals surface area contributed by atoms with E-state index in [0.29, 0.717) is 11.7 Å². The lowest BCUT2D eigenvalue weighted by Crippen LogP contribution is -2.10. The number of carbonyl (C=O) groups excluding carboxylic acids is 1. The van der Waals surface area contributed by atoms with Gasteiger partial charge in [0.2, 0.25) is 0 Å². The van der Waals surface area contributed by atoms with Gasteiger partial charge in [-0.05, 0) is 30.9 Å². The molecule has 1 nitrogen and oxygen atoms in total. The first-order valence-electron chi connectivity index (χ1n) is 7.09. The highest BCUT2D eigenvalue weighted by molar-refractivity contribution is 5.91. The third kappa shape index (κ3) is 3.32. The summed E-state index contributed by atoms with van der Waals surface area (Å²) in [6.07, 6.45) is 8.38. The Hall–Kier alpha value is -1.37. The van der Waals surface area contributed by atoms with Crippen molar-refractivity contribution in [3.63, 3.8) is 0 Å². The number of unbranched alkanes of at least 4 members (excludes halogenated alkanes) is 1. The van der Waals surface area contributed by atoms with E-state index in [1.54, 1.807) is 0 Å². The van der Waals surface area contributed by atoms with Gasteiger partial charge in [-0.25, -0.2) is 0 Å². The van der Waals surface area contributed by atoms with E-state index < -0.39 is 0 Å². The minimum atomic E-state index is 0.314. The minimum absolute atomic E-state index is 0.314. The van der Waals surface area contributed by atoms with Crippen LogP contribution < -0.4 is 0 Å². The average Bonchev–Trinajstić information content (AvgIpc) is 2.40. The molecule has 0 saturated carbocycles. The number of ketones is 1. The lowest BCUT2D eigenvalue weighted by Gasteiger charge is -2.23. The zero-order valence-electron chi connectivity index (χ0n) is 11.2. The molecule has 18 heavy (non-hydrogen) atoms. The Morgan fingerprint density at radius 3 is 2.61 bits per heavy atom. The zero-order valence-corrected chi connectivity index (χ0v) is 11.2. The summed E-state index contributed by atoms with van der Waals surface area (Å²) in [6, 6.07) is 10.6. The molecule has 1 atom stereocenters. The van der Waals surface area contributed by atoms with Crippen LogP contribution in [0.15, 0.2) is 42.0 Å². The zero-order chi connectivity index (χ0) is 12.8. The second-order valence-corrected chi connectivity index (χ2v) is 5.14. The van der Waals surface area contributed by atoms with Crippen molar-refractivity contribution in [2.24, 2.45) is 0 Å². The van der Waals surface area contributed by atoms with E-state index in [2.05, 4.69) is 37.3 Å². The molecular formula is C17H22O. The minimum Gasteiger partial charge on any atom is -0.295 e. The predicted molar refractivity (Wildman–Crippen MR) is 75.6 cm³/mol. The second kappa shape index (κ2) is 6.53. The number of benzene rings is 1. The fourth-order valence-corrected chi connectivity index (χ4v) is 2.75. The van der Waals surface area contributed by atoms with Crippen molar-refractivity contribution < 1.29 is 4.79 Å². The smallest absolute Gasteiger partial charge is 0.155 e. The Kier molecular flexibility index (Phi) is 4.74. The van der Waals surface area contributed by atoms with Crippen LogP contribution in [0, 0.1) is 0 Å². The van der Waals surface area contributed by atoms with E-state index in [-0.39, 0.29) is 0 Å². The molecule has 0 spiro atoms. The number of hydrogen-bond donors (Lipinski definition) is 0. The van der Waals surface area contributed by atoms with Gasteiger partial charge >= 0.3 is 0 Å². The SMILES string of the molecule is CCCCC(C1=CC(=O)CCC1)c1ccccc1. The standard InChI is InChI=1S/C17H22O/c1-2-3-12-17(14-8-5-4-6-9-14)15-10-7-11-16(18)13-15/h4-6,8-9,13,17H,2-3,7,10-12H2,1H3. The molecule has 0 aromatic heterocycles. The Morgan fingerprint density at radius 2 is 1.94 bits per heavy atom. The molecule has 0 N–H and O–H groups in total. The summed E-state index contributed by atoms with van der Waals surface area (Å²) in [5.74, 6) is 0.768. The molecule has 0 aliphatic heterocycles.